The van der Waals surface area contributed by atoms with Crippen molar-refractivity contribution in [2.75, 3.05) is 18.4 Å². The summed E-state index contributed by atoms with van der Waals surface area (Å²) >= 11 is 1.72. The van der Waals surface area contributed by atoms with Crippen molar-refractivity contribution >= 4 is 22.9 Å². The fourth-order valence-corrected chi connectivity index (χ4v) is 5.90. The number of fused-ring (bicyclic) bond motifs is 1. The van der Waals surface area contributed by atoms with E-state index in [0.717, 1.165) is 48.9 Å². The van der Waals surface area contributed by atoms with Crippen LogP contribution >= 0.6 is 11.3 Å². The van der Waals surface area contributed by atoms with E-state index in [1.807, 2.05) is 10.9 Å². The lowest BCUT2D eigenvalue weighted by molar-refractivity contribution is 0.0962. The molecule has 2 unspecified atom stereocenters. The monoisotopic (exact) mass is 449 g/mol. The molecule has 2 aromatic heterocycles. The van der Waals surface area contributed by atoms with Crippen molar-refractivity contribution in [2.24, 2.45) is 5.92 Å². The number of hydrogen-bond donors (Lipinski definition) is 1. The summed E-state index contributed by atoms with van der Waals surface area (Å²) in [6.07, 6.45) is 6.22. The van der Waals surface area contributed by atoms with E-state index in [1.165, 1.54) is 10.4 Å². The van der Waals surface area contributed by atoms with E-state index in [-0.39, 0.29) is 17.4 Å². The van der Waals surface area contributed by atoms with Gasteiger partial charge in [-0.05, 0) is 51.6 Å². The predicted octanol–water partition coefficient (Wildman–Crippen LogP) is 5.03. The summed E-state index contributed by atoms with van der Waals surface area (Å²) < 4.78 is 1.99. The van der Waals surface area contributed by atoms with Crippen molar-refractivity contribution in [1.82, 2.24) is 19.7 Å². The van der Waals surface area contributed by atoms with Gasteiger partial charge in [0.2, 0.25) is 0 Å². The molecular formula is C25H31N5OS. The van der Waals surface area contributed by atoms with Crippen LogP contribution in [-0.4, -0.2) is 38.5 Å². The highest BCUT2D eigenvalue weighted by molar-refractivity contribution is 7.11. The zero-order valence-electron chi connectivity index (χ0n) is 19.0. The number of ketones is 1. The highest BCUT2D eigenvalue weighted by Crippen LogP contribution is 2.41. The molecule has 1 fully saturated rings. The summed E-state index contributed by atoms with van der Waals surface area (Å²) in [5.41, 5.74) is 1.88. The lowest BCUT2D eigenvalue weighted by Gasteiger charge is -2.37. The predicted molar refractivity (Wildman–Crippen MR) is 128 cm³/mol. The van der Waals surface area contributed by atoms with Crippen molar-refractivity contribution < 1.29 is 4.79 Å². The number of hydrogen-bond acceptors (Lipinski definition) is 6. The lowest BCUT2D eigenvalue weighted by atomic mass is 9.92. The minimum atomic E-state index is -0.177. The number of anilines is 1. The number of carbonyl (C=O) groups excluding carboxylic acids is 1. The van der Waals surface area contributed by atoms with Gasteiger partial charge in [-0.1, -0.05) is 30.3 Å². The Balaban J connectivity index is 1.28. The SMILES string of the molecule is Cc1cnc(C2CC(C)(C)n3ncc(C(=O)CC4CCN(Cc5ccccc5)C4)c3N2)s1. The Bertz CT molecular complexity index is 1100. The third-order valence-electron chi connectivity index (χ3n) is 6.69. The van der Waals surface area contributed by atoms with Crippen LogP contribution in [0.3, 0.4) is 0 Å². The number of thiazole rings is 1. The molecule has 1 saturated heterocycles. The van der Waals surface area contributed by atoms with Crippen molar-refractivity contribution in [3.63, 3.8) is 0 Å². The molecule has 0 radical (unpaired) electrons. The third kappa shape index (κ3) is 4.24. The van der Waals surface area contributed by atoms with Gasteiger partial charge in [0.05, 0.1) is 23.3 Å². The minimum Gasteiger partial charge on any atom is -0.360 e. The summed E-state index contributed by atoms with van der Waals surface area (Å²) in [4.78, 5) is 21.6. The fourth-order valence-electron chi connectivity index (χ4n) is 5.07. The van der Waals surface area contributed by atoms with Gasteiger partial charge in [-0.3, -0.25) is 9.69 Å². The van der Waals surface area contributed by atoms with Gasteiger partial charge in [0.1, 0.15) is 10.8 Å². The Labute approximate surface area is 193 Å². The zero-order chi connectivity index (χ0) is 22.3. The van der Waals surface area contributed by atoms with E-state index in [4.69, 9.17) is 0 Å². The summed E-state index contributed by atoms with van der Waals surface area (Å²) in [7, 11) is 0. The molecule has 4 heterocycles. The molecule has 3 aromatic rings. The zero-order valence-corrected chi connectivity index (χ0v) is 19.9. The maximum absolute atomic E-state index is 13.3. The second-order valence-corrected chi connectivity index (χ2v) is 11.1. The van der Waals surface area contributed by atoms with Crippen molar-refractivity contribution in [3.05, 3.63) is 63.7 Å². The van der Waals surface area contributed by atoms with Crippen LogP contribution < -0.4 is 5.32 Å². The first-order chi connectivity index (χ1) is 15.4. The van der Waals surface area contributed by atoms with Gasteiger partial charge in [-0.15, -0.1) is 11.3 Å². The Kier molecular flexibility index (Phi) is 5.63. The highest BCUT2D eigenvalue weighted by atomic mass is 32.1. The first kappa shape index (κ1) is 21.3. The van der Waals surface area contributed by atoms with Crippen molar-refractivity contribution in [1.29, 1.82) is 0 Å². The summed E-state index contributed by atoms with van der Waals surface area (Å²) in [5, 5.41) is 9.29. The van der Waals surface area contributed by atoms with Gasteiger partial charge in [0.25, 0.3) is 0 Å². The molecule has 0 amide bonds. The van der Waals surface area contributed by atoms with E-state index >= 15 is 0 Å². The fraction of sp³-hybridized carbons (Fsp3) is 0.480. The van der Waals surface area contributed by atoms with E-state index in [1.54, 1.807) is 17.5 Å². The number of nitrogens with zero attached hydrogens (tertiary/aromatic N) is 4. The van der Waals surface area contributed by atoms with Crippen LogP contribution in [0.5, 0.6) is 0 Å². The molecule has 1 aromatic carbocycles. The number of aromatic nitrogens is 3. The Hall–Kier alpha value is -2.51. The number of nitrogens with one attached hydrogen (secondary N) is 1. The summed E-state index contributed by atoms with van der Waals surface area (Å²) in [6, 6.07) is 10.7. The molecule has 2 aliphatic rings. The molecule has 0 spiro atoms. The first-order valence-corrected chi connectivity index (χ1v) is 12.3. The summed E-state index contributed by atoms with van der Waals surface area (Å²) in [5.74, 6) is 1.44. The molecule has 32 heavy (non-hydrogen) atoms. The molecular weight excluding hydrogens is 418 g/mol. The van der Waals surface area contributed by atoms with Crippen LogP contribution in [0.25, 0.3) is 0 Å². The molecule has 2 aliphatic heterocycles. The molecule has 2 atom stereocenters. The maximum Gasteiger partial charge on any atom is 0.168 e. The third-order valence-corrected chi connectivity index (χ3v) is 7.71. The van der Waals surface area contributed by atoms with E-state index in [9.17, 15) is 4.79 Å². The molecule has 5 rings (SSSR count). The average molecular weight is 450 g/mol. The molecule has 7 heteroatoms. The Morgan fingerprint density at radius 1 is 1.25 bits per heavy atom. The maximum atomic E-state index is 13.3. The van der Waals surface area contributed by atoms with E-state index < -0.39 is 0 Å². The van der Waals surface area contributed by atoms with Crippen molar-refractivity contribution in [3.8, 4) is 0 Å². The van der Waals surface area contributed by atoms with Crippen LogP contribution in [0.2, 0.25) is 0 Å². The minimum absolute atomic E-state index is 0.104. The van der Waals surface area contributed by atoms with Crippen LogP contribution in [0.15, 0.2) is 42.7 Å². The number of Topliss-reactive ketones (excluding diaryl/α,β-unsaturated/α-hetero) is 1. The lowest BCUT2D eigenvalue weighted by Crippen LogP contribution is -2.38. The number of likely N-dealkylation sites (tertiary alicyclic amines) is 1. The largest absolute Gasteiger partial charge is 0.360 e. The molecule has 168 valence electrons. The highest BCUT2D eigenvalue weighted by Gasteiger charge is 2.38. The summed E-state index contributed by atoms with van der Waals surface area (Å²) in [6.45, 7) is 9.44. The smallest absolute Gasteiger partial charge is 0.168 e. The first-order valence-electron chi connectivity index (χ1n) is 11.5. The van der Waals surface area contributed by atoms with Crippen LogP contribution in [0, 0.1) is 12.8 Å². The standard InChI is InChI=1S/C25H31N5OS/c1-17-13-26-24(32-17)21-12-25(2,3)30-23(28-21)20(14-27-30)22(31)11-19-9-10-29(16-19)15-18-7-5-4-6-8-18/h4-8,13-14,19,21,28H,9-12,15-16H2,1-3H3. The molecule has 0 bridgehead atoms. The van der Waals surface area contributed by atoms with E-state index in [2.05, 4.69) is 71.4 Å². The van der Waals surface area contributed by atoms with Crippen LogP contribution in [0.1, 0.15) is 65.0 Å². The molecule has 0 saturated carbocycles. The number of aryl methyl sites for hydroxylation is 1. The van der Waals surface area contributed by atoms with Gasteiger partial charge in [0.15, 0.2) is 5.78 Å². The van der Waals surface area contributed by atoms with Crippen LogP contribution in [-0.2, 0) is 12.1 Å². The van der Waals surface area contributed by atoms with E-state index in [0.29, 0.717) is 12.3 Å². The molecule has 0 aliphatic carbocycles. The van der Waals surface area contributed by atoms with Gasteiger partial charge >= 0.3 is 0 Å². The van der Waals surface area contributed by atoms with Gasteiger partial charge < -0.3 is 5.32 Å². The Morgan fingerprint density at radius 2 is 2.06 bits per heavy atom. The Morgan fingerprint density at radius 3 is 2.81 bits per heavy atom. The van der Waals surface area contributed by atoms with Gasteiger partial charge in [-0.2, -0.15) is 5.10 Å². The molecule has 1 N–H and O–H groups in total. The van der Waals surface area contributed by atoms with Crippen molar-refractivity contribution in [2.45, 2.75) is 58.2 Å². The number of rotatable bonds is 6. The van der Waals surface area contributed by atoms with Gasteiger partial charge in [0, 0.05) is 30.6 Å². The number of carbonyl (C=O) groups is 1. The normalized spacial score (nSPS) is 22.5. The second kappa shape index (κ2) is 8.45. The topological polar surface area (TPSA) is 63.1 Å². The van der Waals surface area contributed by atoms with Crippen LogP contribution in [0.4, 0.5) is 5.82 Å². The quantitative estimate of drug-likeness (QED) is 0.535. The van der Waals surface area contributed by atoms with Gasteiger partial charge in [-0.25, -0.2) is 9.67 Å². The second-order valence-electron chi connectivity index (χ2n) is 9.84. The number of benzene rings is 1. The molecule has 6 nitrogen and oxygen atoms in total. The average Bonchev–Trinajstić information content (AvgIpc) is 3.48.